The molecule has 1 atom stereocenters. The van der Waals surface area contributed by atoms with Crippen LogP contribution in [0.15, 0.2) is 41.7 Å². The van der Waals surface area contributed by atoms with Crippen LogP contribution in [0.25, 0.3) is 0 Å². The molecule has 0 bridgehead atoms. The molecule has 1 aliphatic carbocycles. The standard InChI is InChI=1S/C14H16O3/c1-10-13(16-2)12(15)9-14(10,17-3)11-7-5-4-6-8-11/h4-8H,9H2,1-3H3. The summed E-state index contributed by atoms with van der Waals surface area (Å²) in [6.07, 6.45) is 0.308. The van der Waals surface area contributed by atoms with Crippen molar-refractivity contribution in [3.63, 3.8) is 0 Å². The fourth-order valence-electron chi connectivity index (χ4n) is 2.47. The van der Waals surface area contributed by atoms with E-state index in [1.165, 1.54) is 7.11 Å². The second kappa shape index (κ2) is 4.34. The second-order valence-corrected chi connectivity index (χ2v) is 4.16. The number of carbonyl (C=O) groups excluding carboxylic acids is 1. The molecule has 3 nitrogen and oxygen atoms in total. The van der Waals surface area contributed by atoms with Crippen molar-refractivity contribution in [2.75, 3.05) is 14.2 Å². The third-order valence-electron chi connectivity index (χ3n) is 3.40. The number of benzene rings is 1. The summed E-state index contributed by atoms with van der Waals surface area (Å²) in [5, 5.41) is 0. The number of ether oxygens (including phenoxy) is 2. The first kappa shape index (κ1) is 11.9. The van der Waals surface area contributed by atoms with Gasteiger partial charge >= 0.3 is 0 Å². The molecule has 0 aromatic heterocycles. The minimum Gasteiger partial charge on any atom is -0.493 e. The smallest absolute Gasteiger partial charge is 0.200 e. The molecule has 0 heterocycles. The zero-order valence-electron chi connectivity index (χ0n) is 10.3. The van der Waals surface area contributed by atoms with Crippen LogP contribution in [0.4, 0.5) is 0 Å². The molecule has 2 rings (SSSR count). The highest BCUT2D eigenvalue weighted by Gasteiger charge is 2.45. The lowest BCUT2D eigenvalue weighted by Crippen LogP contribution is -2.28. The number of Topliss-reactive ketones (excluding diaryl/α,β-unsaturated/α-hetero) is 1. The van der Waals surface area contributed by atoms with Crippen molar-refractivity contribution in [2.45, 2.75) is 18.9 Å². The van der Waals surface area contributed by atoms with Crippen molar-refractivity contribution in [1.29, 1.82) is 0 Å². The molecule has 0 spiro atoms. The monoisotopic (exact) mass is 232 g/mol. The summed E-state index contributed by atoms with van der Waals surface area (Å²) >= 11 is 0. The Morgan fingerprint density at radius 1 is 1.18 bits per heavy atom. The van der Waals surface area contributed by atoms with Gasteiger partial charge in [-0.05, 0) is 12.5 Å². The van der Waals surface area contributed by atoms with E-state index in [1.54, 1.807) is 7.11 Å². The Morgan fingerprint density at radius 3 is 2.29 bits per heavy atom. The van der Waals surface area contributed by atoms with Gasteiger partial charge in [-0.1, -0.05) is 30.3 Å². The molecule has 0 radical (unpaired) electrons. The van der Waals surface area contributed by atoms with Crippen LogP contribution in [-0.4, -0.2) is 20.0 Å². The van der Waals surface area contributed by atoms with Gasteiger partial charge in [-0.15, -0.1) is 0 Å². The molecule has 0 saturated carbocycles. The van der Waals surface area contributed by atoms with Crippen molar-refractivity contribution in [3.8, 4) is 0 Å². The van der Waals surface area contributed by atoms with Crippen molar-refractivity contribution in [3.05, 3.63) is 47.2 Å². The number of carbonyl (C=O) groups is 1. The largest absolute Gasteiger partial charge is 0.493 e. The van der Waals surface area contributed by atoms with Gasteiger partial charge in [0.2, 0.25) is 5.78 Å². The van der Waals surface area contributed by atoms with E-state index < -0.39 is 5.60 Å². The molecular weight excluding hydrogens is 216 g/mol. The lowest BCUT2D eigenvalue weighted by molar-refractivity contribution is -0.120. The van der Waals surface area contributed by atoms with Gasteiger partial charge < -0.3 is 9.47 Å². The summed E-state index contributed by atoms with van der Waals surface area (Å²) < 4.78 is 10.8. The number of ketones is 1. The van der Waals surface area contributed by atoms with Gasteiger partial charge in [-0.3, -0.25) is 4.79 Å². The van der Waals surface area contributed by atoms with Gasteiger partial charge in [0.25, 0.3) is 0 Å². The summed E-state index contributed by atoms with van der Waals surface area (Å²) in [6.45, 7) is 1.89. The summed E-state index contributed by atoms with van der Waals surface area (Å²) in [6, 6.07) is 9.77. The Hall–Kier alpha value is -1.61. The molecule has 3 heteroatoms. The molecule has 1 aromatic carbocycles. The van der Waals surface area contributed by atoms with Crippen molar-refractivity contribution in [1.82, 2.24) is 0 Å². The summed E-state index contributed by atoms with van der Waals surface area (Å²) in [5.74, 6) is 0.423. The zero-order valence-corrected chi connectivity index (χ0v) is 10.3. The molecule has 1 aliphatic rings. The topological polar surface area (TPSA) is 35.5 Å². The van der Waals surface area contributed by atoms with Gasteiger partial charge in [0, 0.05) is 12.7 Å². The van der Waals surface area contributed by atoms with Gasteiger partial charge in [-0.2, -0.15) is 0 Å². The van der Waals surface area contributed by atoms with Crippen LogP contribution in [-0.2, 0) is 19.9 Å². The van der Waals surface area contributed by atoms with E-state index >= 15 is 0 Å². The Kier molecular flexibility index (Phi) is 3.03. The van der Waals surface area contributed by atoms with Crippen LogP contribution >= 0.6 is 0 Å². The Balaban J connectivity index is 2.55. The SMILES string of the molecule is COC1=C(C)C(OC)(c2ccccc2)CC1=O. The van der Waals surface area contributed by atoms with Crippen LogP contribution in [0, 0.1) is 0 Å². The first-order valence-corrected chi connectivity index (χ1v) is 5.55. The molecule has 1 unspecified atom stereocenters. The molecule has 90 valence electrons. The van der Waals surface area contributed by atoms with Gasteiger partial charge in [0.15, 0.2) is 5.76 Å². The predicted octanol–water partition coefficient (Wildman–Crippen LogP) is 2.42. The van der Waals surface area contributed by atoms with Gasteiger partial charge in [-0.25, -0.2) is 0 Å². The molecule has 0 N–H and O–H groups in total. The average Bonchev–Trinajstić information content (AvgIpc) is 2.62. The number of hydrogen-bond acceptors (Lipinski definition) is 3. The van der Waals surface area contributed by atoms with E-state index in [-0.39, 0.29) is 5.78 Å². The van der Waals surface area contributed by atoms with E-state index in [1.807, 2.05) is 37.3 Å². The van der Waals surface area contributed by atoms with Gasteiger partial charge in [0.1, 0.15) is 5.60 Å². The van der Waals surface area contributed by atoms with Gasteiger partial charge in [0.05, 0.1) is 13.5 Å². The Morgan fingerprint density at radius 2 is 1.82 bits per heavy atom. The molecule has 0 amide bonds. The number of hydrogen-bond donors (Lipinski definition) is 0. The summed E-state index contributed by atoms with van der Waals surface area (Å²) in [7, 11) is 3.15. The maximum atomic E-state index is 11.9. The van der Waals surface area contributed by atoms with Crippen molar-refractivity contribution < 1.29 is 14.3 Å². The number of allylic oxidation sites excluding steroid dienone is 1. The second-order valence-electron chi connectivity index (χ2n) is 4.16. The molecule has 1 aromatic rings. The highest BCUT2D eigenvalue weighted by molar-refractivity contribution is 5.98. The van der Waals surface area contributed by atoms with Crippen LogP contribution in [0.1, 0.15) is 18.9 Å². The van der Waals surface area contributed by atoms with Crippen molar-refractivity contribution in [2.24, 2.45) is 0 Å². The highest BCUT2D eigenvalue weighted by atomic mass is 16.5. The zero-order chi connectivity index (χ0) is 12.5. The lowest BCUT2D eigenvalue weighted by atomic mass is 9.87. The normalized spacial score (nSPS) is 24.3. The average molecular weight is 232 g/mol. The predicted molar refractivity (Wildman–Crippen MR) is 64.5 cm³/mol. The minimum absolute atomic E-state index is 0.00398. The van der Waals surface area contributed by atoms with Crippen LogP contribution in [0.2, 0.25) is 0 Å². The first-order chi connectivity index (χ1) is 8.15. The fraction of sp³-hybridized carbons (Fsp3) is 0.357. The third-order valence-corrected chi connectivity index (χ3v) is 3.40. The Labute approximate surface area is 101 Å². The van der Waals surface area contributed by atoms with E-state index in [0.29, 0.717) is 12.2 Å². The fourth-order valence-corrected chi connectivity index (χ4v) is 2.47. The molecule has 0 saturated heterocycles. The van der Waals surface area contributed by atoms with E-state index in [0.717, 1.165) is 11.1 Å². The van der Waals surface area contributed by atoms with Crippen LogP contribution in [0.5, 0.6) is 0 Å². The minimum atomic E-state index is -0.663. The molecule has 17 heavy (non-hydrogen) atoms. The van der Waals surface area contributed by atoms with E-state index in [9.17, 15) is 4.79 Å². The first-order valence-electron chi connectivity index (χ1n) is 5.55. The molecule has 0 aliphatic heterocycles. The van der Waals surface area contributed by atoms with Crippen molar-refractivity contribution >= 4 is 5.78 Å². The van der Waals surface area contributed by atoms with Crippen LogP contribution in [0.3, 0.4) is 0 Å². The maximum absolute atomic E-state index is 11.9. The summed E-state index contributed by atoms with van der Waals surface area (Å²) in [4.78, 5) is 11.9. The maximum Gasteiger partial charge on any atom is 0.200 e. The molecule has 0 fully saturated rings. The number of methoxy groups -OCH3 is 2. The quantitative estimate of drug-likeness (QED) is 0.802. The number of rotatable bonds is 3. The van der Waals surface area contributed by atoms with Crippen LogP contribution < -0.4 is 0 Å². The third kappa shape index (κ3) is 1.67. The summed E-state index contributed by atoms with van der Waals surface area (Å²) in [5.41, 5.74) is 1.17. The highest BCUT2D eigenvalue weighted by Crippen LogP contribution is 2.44. The van der Waals surface area contributed by atoms with E-state index in [4.69, 9.17) is 9.47 Å². The molecular formula is C14H16O3. The lowest BCUT2D eigenvalue weighted by Gasteiger charge is -2.29. The van der Waals surface area contributed by atoms with E-state index in [2.05, 4.69) is 0 Å². The Bertz CT molecular complexity index is 462.